The van der Waals surface area contributed by atoms with Gasteiger partial charge < -0.3 is 15.4 Å². The highest BCUT2D eigenvalue weighted by molar-refractivity contribution is 7.99. The van der Waals surface area contributed by atoms with E-state index in [4.69, 9.17) is 15.5 Å². The summed E-state index contributed by atoms with van der Waals surface area (Å²) in [5, 5.41) is 1.09. The number of nitrogens with two attached hydrogens (primary N) is 1. The van der Waals surface area contributed by atoms with Gasteiger partial charge in [0.25, 0.3) is 0 Å². The average molecular weight is 336 g/mol. The van der Waals surface area contributed by atoms with Crippen LogP contribution in [0.4, 0.5) is 11.6 Å². The lowest BCUT2D eigenvalue weighted by molar-refractivity contribution is 0.122. The third-order valence-electron chi connectivity index (χ3n) is 4.36. The van der Waals surface area contributed by atoms with Crippen molar-refractivity contribution >= 4 is 45.1 Å². The predicted octanol–water partition coefficient (Wildman–Crippen LogP) is 2.68. The lowest BCUT2D eigenvalue weighted by atomic mass is 9.95. The van der Waals surface area contributed by atoms with E-state index in [0.717, 1.165) is 54.5 Å². The first-order valence-electron chi connectivity index (χ1n) is 7.58. The van der Waals surface area contributed by atoms with Gasteiger partial charge in [-0.3, -0.25) is 0 Å². The molecule has 2 aliphatic rings. The summed E-state index contributed by atoms with van der Waals surface area (Å²) < 4.78 is 10.1. The van der Waals surface area contributed by atoms with E-state index in [1.54, 1.807) is 0 Å². The van der Waals surface area contributed by atoms with Gasteiger partial charge in [0.2, 0.25) is 0 Å². The van der Waals surface area contributed by atoms with Gasteiger partial charge in [0.1, 0.15) is 16.5 Å². The average Bonchev–Trinajstić information content (AvgIpc) is 2.88. The fourth-order valence-corrected chi connectivity index (χ4v) is 5.04. The lowest BCUT2D eigenvalue weighted by Gasteiger charge is -2.35. The summed E-state index contributed by atoms with van der Waals surface area (Å²) >= 11 is 3.42. The van der Waals surface area contributed by atoms with E-state index in [9.17, 15) is 0 Å². The molecule has 2 aromatic rings. The highest BCUT2D eigenvalue weighted by Gasteiger charge is 2.32. The number of hydrogen-bond donors (Lipinski definition) is 1. The lowest BCUT2D eigenvalue weighted by Crippen LogP contribution is -2.38. The molecular formula is C15H20N4OS2. The number of hydrogen-bond acceptors (Lipinski definition) is 7. The van der Waals surface area contributed by atoms with Crippen molar-refractivity contribution in [2.45, 2.75) is 30.8 Å². The molecule has 7 heteroatoms. The third kappa shape index (κ3) is 2.35. The van der Waals surface area contributed by atoms with Crippen LogP contribution in [0.2, 0.25) is 0 Å². The molecular weight excluding hydrogens is 316 g/mol. The van der Waals surface area contributed by atoms with Gasteiger partial charge in [-0.1, -0.05) is 13.8 Å². The highest BCUT2D eigenvalue weighted by Crippen LogP contribution is 2.45. The first-order valence-corrected chi connectivity index (χ1v) is 9.34. The maximum absolute atomic E-state index is 6.14. The summed E-state index contributed by atoms with van der Waals surface area (Å²) in [7, 11) is 0. The minimum atomic E-state index is 0.234. The molecule has 1 saturated heterocycles. The van der Waals surface area contributed by atoms with Crippen molar-refractivity contribution in [3.05, 3.63) is 11.1 Å². The molecule has 0 aromatic carbocycles. The Kier molecular flexibility index (Phi) is 3.47. The molecule has 0 radical (unpaired) electrons. The minimum Gasteiger partial charge on any atom is -0.382 e. The maximum atomic E-state index is 6.14. The van der Waals surface area contributed by atoms with Crippen LogP contribution in [0.25, 0.3) is 10.2 Å². The molecule has 4 rings (SSSR count). The van der Waals surface area contributed by atoms with Gasteiger partial charge in [-0.2, -0.15) is 16.1 Å². The molecule has 22 heavy (non-hydrogen) atoms. The number of pyridine rings is 1. The van der Waals surface area contributed by atoms with Crippen molar-refractivity contribution in [1.82, 2.24) is 9.36 Å². The van der Waals surface area contributed by atoms with E-state index in [1.807, 2.05) is 11.8 Å². The standard InChI is InChI=1S/C15H20N4OS2/c1-15(2)7-9-10(8-21-15)13(19-3-5-20-6-4-19)17-14-11(9)12(16)18-22-14/h3-8H2,1-2H3,(H2,16,18). The first-order chi connectivity index (χ1) is 10.6. The number of nitrogens with zero attached hydrogens (tertiary/aromatic N) is 3. The van der Waals surface area contributed by atoms with Crippen LogP contribution >= 0.6 is 23.3 Å². The van der Waals surface area contributed by atoms with Gasteiger partial charge in [0.15, 0.2) is 0 Å². The molecule has 1 fully saturated rings. The Labute approximate surface area is 138 Å². The summed E-state index contributed by atoms with van der Waals surface area (Å²) in [4.78, 5) is 8.24. The second-order valence-corrected chi connectivity index (χ2v) is 8.90. The number of fused-ring (bicyclic) bond motifs is 3. The summed E-state index contributed by atoms with van der Waals surface area (Å²) in [6, 6.07) is 0. The van der Waals surface area contributed by atoms with E-state index < -0.39 is 0 Å². The number of ether oxygens (including phenoxy) is 1. The molecule has 0 unspecified atom stereocenters. The molecule has 2 aliphatic heterocycles. The SMILES string of the molecule is CC1(C)Cc2c(c(N3CCOCC3)nc3snc(N)c23)CS1. The van der Waals surface area contributed by atoms with Gasteiger partial charge in [0.05, 0.1) is 18.6 Å². The Hall–Kier alpha value is -1.05. The van der Waals surface area contributed by atoms with Crippen LogP contribution < -0.4 is 10.6 Å². The largest absolute Gasteiger partial charge is 0.382 e. The van der Waals surface area contributed by atoms with Crippen molar-refractivity contribution in [2.24, 2.45) is 0 Å². The van der Waals surface area contributed by atoms with Gasteiger partial charge in [-0.15, -0.1) is 0 Å². The monoisotopic (exact) mass is 336 g/mol. The molecule has 4 heterocycles. The van der Waals surface area contributed by atoms with Gasteiger partial charge >= 0.3 is 0 Å². The molecule has 0 aliphatic carbocycles. The topological polar surface area (TPSA) is 64.3 Å². The van der Waals surface area contributed by atoms with Crippen molar-refractivity contribution in [2.75, 3.05) is 36.9 Å². The van der Waals surface area contributed by atoms with Crippen LogP contribution in [-0.2, 0) is 16.9 Å². The quantitative estimate of drug-likeness (QED) is 0.864. The molecule has 0 spiro atoms. The van der Waals surface area contributed by atoms with E-state index in [2.05, 4.69) is 23.1 Å². The summed E-state index contributed by atoms with van der Waals surface area (Å²) in [5.74, 6) is 2.75. The van der Waals surface area contributed by atoms with Crippen molar-refractivity contribution in [1.29, 1.82) is 0 Å². The fraction of sp³-hybridized carbons (Fsp3) is 0.600. The number of morpholine rings is 1. The fourth-order valence-electron chi connectivity index (χ4n) is 3.23. The van der Waals surface area contributed by atoms with Crippen LogP contribution in [0, 0.1) is 0 Å². The van der Waals surface area contributed by atoms with E-state index >= 15 is 0 Å². The molecule has 0 bridgehead atoms. The predicted molar refractivity (Wildman–Crippen MR) is 93.9 cm³/mol. The zero-order chi connectivity index (χ0) is 15.3. The normalized spacial score (nSPS) is 21.1. The molecule has 2 aromatic heterocycles. The van der Waals surface area contributed by atoms with E-state index in [1.165, 1.54) is 22.7 Å². The third-order valence-corrected chi connectivity index (χ3v) is 6.48. The van der Waals surface area contributed by atoms with E-state index in [0.29, 0.717) is 5.82 Å². The Bertz CT molecular complexity index is 722. The van der Waals surface area contributed by atoms with Crippen molar-refractivity contribution < 1.29 is 4.74 Å². The molecule has 118 valence electrons. The maximum Gasteiger partial charge on any atom is 0.148 e. The smallest absolute Gasteiger partial charge is 0.148 e. The highest BCUT2D eigenvalue weighted by atomic mass is 32.2. The summed E-state index contributed by atoms with van der Waals surface area (Å²) in [6.45, 7) is 7.98. The number of nitrogen functional groups attached to an aromatic ring is 1. The number of rotatable bonds is 1. The number of aromatic nitrogens is 2. The molecule has 0 atom stereocenters. The Balaban J connectivity index is 1.91. The number of thioether (sulfide) groups is 1. The minimum absolute atomic E-state index is 0.234. The zero-order valence-electron chi connectivity index (χ0n) is 12.9. The second-order valence-electron chi connectivity index (χ2n) is 6.47. The van der Waals surface area contributed by atoms with Gasteiger partial charge in [-0.25, -0.2) is 4.98 Å². The van der Waals surface area contributed by atoms with Crippen molar-refractivity contribution in [3.63, 3.8) is 0 Å². The zero-order valence-corrected chi connectivity index (χ0v) is 14.5. The van der Waals surface area contributed by atoms with Crippen LogP contribution in [0.5, 0.6) is 0 Å². The van der Waals surface area contributed by atoms with Crippen LogP contribution in [-0.4, -0.2) is 40.4 Å². The molecule has 0 amide bonds. The molecule has 2 N–H and O–H groups in total. The van der Waals surface area contributed by atoms with Crippen LogP contribution in [0.1, 0.15) is 25.0 Å². The van der Waals surface area contributed by atoms with Gasteiger partial charge in [0, 0.05) is 29.2 Å². The Morgan fingerprint density at radius 2 is 2.00 bits per heavy atom. The van der Waals surface area contributed by atoms with E-state index in [-0.39, 0.29) is 4.75 Å². The Morgan fingerprint density at radius 1 is 1.23 bits per heavy atom. The van der Waals surface area contributed by atoms with Crippen LogP contribution in [0.3, 0.4) is 0 Å². The summed E-state index contributed by atoms with van der Waals surface area (Å²) in [6.07, 6.45) is 1.02. The molecule has 0 saturated carbocycles. The van der Waals surface area contributed by atoms with Crippen LogP contribution in [0.15, 0.2) is 0 Å². The Morgan fingerprint density at radius 3 is 2.77 bits per heavy atom. The first kappa shape index (κ1) is 14.5. The number of anilines is 2. The van der Waals surface area contributed by atoms with Crippen molar-refractivity contribution in [3.8, 4) is 0 Å². The van der Waals surface area contributed by atoms with Gasteiger partial charge in [-0.05, 0) is 23.5 Å². The molecule has 5 nitrogen and oxygen atoms in total. The summed E-state index contributed by atoms with van der Waals surface area (Å²) in [5.41, 5.74) is 8.85. The second kappa shape index (κ2) is 5.25.